The lowest BCUT2D eigenvalue weighted by molar-refractivity contribution is -0.131. The number of halogens is 1. The summed E-state index contributed by atoms with van der Waals surface area (Å²) in [6.45, 7) is 2.07. The van der Waals surface area contributed by atoms with Gasteiger partial charge in [-0.3, -0.25) is 9.69 Å². The molecule has 3 amide bonds. The van der Waals surface area contributed by atoms with Crippen molar-refractivity contribution in [1.29, 1.82) is 0 Å². The largest absolute Gasteiger partial charge is 0.392 e. The Hall–Kier alpha value is -3.39. The van der Waals surface area contributed by atoms with Gasteiger partial charge >= 0.3 is 6.03 Å². The number of para-hydroxylation sites is 1. The molecule has 4 rings (SSSR count). The fraction of sp³-hybridized carbons (Fsp3) is 0.286. The van der Waals surface area contributed by atoms with Gasteiger partial charge in [0.1, 0.15) is 0 Å². The Morgan fingerprint density at radius 1 is 1.03 bits per heavy atom. The number of amides is 3. The Bertz CT molecular complexity index is 1170. The lowest BCUT2D eigenvalue weighted by atomic mass is 10.0. The molecule has 1 saturated heterocycles. The monoisotopic (exact) mass is 506 g/mol. The Labute approximate surface area is 216 Å². The van der Waals surface area contributed by atoms with E-state index in [9.17, 15) is 14.7 Å². The molecule has 0 unspecified atom stereocenters. The van der Waals surface area contributed by atoms with E-state index in [-0.39, 0.29) is 24.5 Å². The molecule has 0 radical (unpaired) electrons. The number of hydrogen-bond donors (Lipinski definition) is 3. The quantitative estimate of drug-likeness (QED) is 0.410. The minimum absolute atomic E-state index is 0.0593. The molecule has 1 heterocycles. The first-order chi connectivity index (χ1) is 17.4. The van der Waals surface area contributed by atoms with Crippen molar-refractivity contribution in [2.24, 2.45) is 0 Å². The maximum Gasteiger partial charge on any atom is 0.323 e. The number of likely N-dealkylation sites (tertiary alicyclic amines) is 1. The zero-order valence-corrected chi connectivity index (χ0v) is 21.0. The van der Waals surface area contributed by atoms with E-state index in [1.165, 1.54) is 0 Å². The second-order valence-electron chi connectivity index (χ2n) is 9.05. The Morgan fingerprint density at radius 3 is 2.42 bits per heavy atom. The molecule has 0 aliphatic carbocycles. The van der Waals surface area contributed by atoms with Gasteiger partial charge in [0.2, 0.25) is 5.91 Å². The first-order valence-corrected chi connectivity index (χ1v) is 12.4. The number of nitrogens with zero attached hydrogens (tertiary/aromatic N) is 2. The third-order valence-corrected chi connectivity index (χ3v) is 6.69. The van der Waals surface area contributed by atoms with Gasteiger partial charge in [0.25, 0.3) is 0 Å². The average molecular weight is 507 g/mol. The number of aliphatic hydroxyl groups is 1. The molecule has 7 nitrogen and oxygen atoms in total. The predicted octanol–water partition coefficient (Wildman–Crippen LogP) is 4.79. The molecule has 1 aliphatic rings. The minimum Gasteiger partial charge on any atom is -0.392 e. The van der Waals surface area contributed by atoms with Gasteiger partial charge in [-0.25, -0.2) is 4.79 Å². The zero-order valence-electron chi connectivity index (χ0n) is 20.2. The van der Waals surface area contributed by atoms with E-state index in [1.54, 1.807) is 35.2 Å². The summed E-state index contributed by atoms with van der Waals surface area (Å²) in [5.41, 5.74) is 2.96. The van der Waals surface area contributed by atoms with Gasteiger partial charge in [-0.1, -0.05) is 60.1 Å². The highest BCUT2D eigenvalue weighted by molar-refractivity contribution is 6.30. The molecule has 0 bridgehead atoms. The third kappa shape index (κ3) is 6.85. The highest BCUT2D eigenvalue weighted by Crippen LogP contribution is 2.25. The van der Waals surface area contributed by atoms with Crippen LogP contribution in [-0.4, -0.2) is 59.6 Å². The molecule has 36 heavy (non-hydrogen) atoms. The lowest BCUT2D eigenvalue weighted by Crippen LogP contribution is -2.39. The summed E-state index contributed by atoms with van der Waals surface area (Å²) in [6, 6.07) is 23.5. The van der Waals surface area contributed by atoms with Gasteiger partial charge in [-0.15, -0.1) is 0 Å². The van der Waals surface area contributed by atoms with E-state index in [1.807, 2.05) is 55.6 Å². The van der Waals surface area contributed by atoms with Crippen LogP contribution in [-0.2, 0) is 11.2 Å². The molecule has 0 saturated carbocycles. The van der Waals surface area contributed by atoms with Gasteiger partial charge < -0.3 is 20.6 Å². The van der Waals surface area contributed by atoms with E-state index in [4.69, 9.17) is 11.6 Å². The molecular formula is C28H31ClN4O3. The maximum absolute atomic E-state index is 13.4. The molecule has 0 spiro atoms. The summed E-state index contributed by atoms with van der Waals surface area (Å²) in [4.78, 5) is 30.0. The summed E-state index contributed by atoms with van der Waals surface area (Å²) >= 11 is 5.91. The summed E-state index contributed by atoms with van der Waals surface area (Å²) in [6.07, 6.45) is 0.565. The lowest BCUT2D eigenvalue weighted by Gasteiger charge is -2.32. The number of hydrogen-bond acceptors (Lipinski definition) is 4. The maximum atomic E-state index is 13.4. The fourth-order valence-corrected chi connectivity index (χ4v) is 4.55. The summed E-state index contributed by atoms with van der Waals surface area (Å²) < 4.78 is 0. The Kier molecular flexibility index (Phi) is 8.59. The first kappa shape index (κ1) is 25.7. The highest BCUT2D eigenvalue weighted by atomic mass is 35.5. The number of nitrogens with one attached hydrogen (secondary N) is 2. The normalized spacial score (nSPS) is 16.4. The number of anilines is 2. The molecule has 3 aromatic carbocycles. The van der Waals surface area contributed by atoms with Gasteiger partial charge in [0.15, 0.2) is 0 Å². The van der Waals surface area contributed by atoms with E-state index < -0.39 is 6.03 Å². The summed E-state index contributed by atoms with van der Waals surface area (Å²) in [5, 5.41) is 16.2. The average Bonchev–Trinajstić information content (AvgIpc) is 3.30. The van der Waals surface area contributed by atoms with Crippen LogP contribution < -0.4 is 10.6 Å². The van der Waals surface area contributed by atoms with Crippen molar-refractivity contribution in [3.8, 4) is 0 Å². The van der Waals surface area contributed by atoms with Crippen molar-refractivity contribution < 1.29 is 14.7 Å². The number of likely N-dealkylation sites (N-methyl/N-ethyl adjacent to an activating group) is 1. The Balaban J connectivity index is 1.45. The van der Waals surface area contributed by atoms with Crippen molar-refractivity contribution >= 4 is 34.9 Å². The number of carbonyl (C=O) groups is 2. The first-order valence-electron chi connectivity index (χ1n) is 12.0. The van der Waals surface area contributed by atoms with Crippen LogP contribution in [0, 0.1) is 0 Å². The van der Waals surface area contributed by atoms with Gasteiger partial charge in [0.05, 0.1) is 18.6 Å². The number of benzene rings is 3. The fourth-order valence-electron chi connectivity index (χ4n) is 4.43. The molecule has 0 aromatic heterocycles. The molecular weight excluding hydrogens is 476 g/mol. The van der Waals surface area contributed by atoms with Gasteiger partial charge in [0, 0.05) is 43.1 Å². The van der Waals surface area contributed by atoms with Crippen LogP contribution in [0.25, 0.3) is 0 Å². The summed E-state index contributed by atoms with van der Waals surface area (Å²) in [5.74, 6) is -0.0593. The number of aliphatic hydroxyl groups excluding tert-OH is 1. The Morgan fingerprint density at radius 2 is 1.72 bits per heavy atom. The predicted molar refractivity (Wildman–Crippen MR) is 143 cm³/mol. The second kappa shape index (κ2) is 12.0. The number of urea groups is 1. The van der Waals surface area contributed by atoms with E-state index >= 15 is 0 Å². The SMILES string of the molecule is CN(C(=O)Cc1ccccc1NC(=O)Nc1ccc(Cl)cc1)[C@H](CN1CC[C@H](O)C1)c1ccccc1. The topological polar surface area (TPSA) is 84.9 Å². The number of β-amino-alcohol motifs (C(OH)–C–C–N with tert-alkyl or cyclic N) is 1. The van der Waals surface area contributed by atoms with Crippen molar-refractivity contribution in [3.63, 3.8) is 0 Å². The van der Waals surface area contributed by atoms with Crippen LogP contribution >= 0.6 is 11.6 Å². The molecule has 8 heteroatoms. The molecule has 3 aromatic rings. The zero-order chi connectivity index (χ0) is 25.5. The molecule has 1 aliphatic heterocycles. The van der Waals surface area contributed by atoms with Crippen LogP contribution in [0.4, 0.5) is 16.2 Å². The third-order valence-electron chi connectivity index (χ3n) is 6.43. The van der Waals surface area contributed by atoms with Gasteiger partial charge in [-0.2, -0.15) is 0 Å². The van der Waals surface area contributed by atoms with Crippen LogP contribution in [0.1, 0.15) is 23.6 Å². The van der Waals surface area contributed by atoms with Crippen molar-refractivity contribution in [1.82, 2.24) is 9.80 Å². The minimum atomic E-state index is -0.402. The number of carbonyl (C=O) groups excluding carboxylic acids is 2. The van der Waals surface area contributed by atoms with Crippen LogP contribution in [0.3, 0.4) is 0 Å². The standard InChI is InChI=1S/C28H31ClN4O3/c1-32(26(20-7-3-2-4-8-20)19-33-16-15-24(34)18-33)27(35)17-21-9-5-6-10-25(21)31-28(36)30-23-13-11-22(29)12-14-23/h2-14,24,26,34H,15-19H2,1H3,(H2,30,31,36)/t24-,26+/m0/s1. The second-order valence-corrected chi connectivity index (χ2v) is 9.49. The van der Waals surface area contributed by atoms with Crippen molar-refractivity contribution in [2.45, 2.75) is 25.0 Å². The van der Waals surface area contributed by atoms with Crippen molar-refractivity contribution in [3.05, 3.63) is 95.0 Å². The summed E-state index contributed by atoms with van der Waals surface area (Å²) in [7, 11) is 1.82. The highest BCUT2D eigenvalue weighted by Gasteiger charge is 2.28. The van der Waals surface area contributed by atoms with E-state index in [2.05, 4.69) is 15.5 Å². The molecule has 3 N–H and O–H groups in total. The molecule has 2 atom stereocenters. The molecule has 188 valence electrons. The van der Waals surface area contributed by atoms with Crippen molar-refractivity contribution in [2.75, 3.05) is 37.3 Å². The smallest absolute Gasteiger partial charge is 0.323 e. The van der Waals surface area contributed by atoms with Crippen LogP contribution in [0.2, 0.25) is 5.02 Å². The van der Waals surface area contributed by atoms with E-state index in [0.29, 0.717) is 29.5 Å². The van der Waals surface area contributed by atoms with E-state index in [0.717, 1.165) is 24.1 Å². The molecule has 1 fully saturated rings. The van der Waals surface area contributed by atoms with Crippen LogP contribution in [0.15, 0.2) is 78.9 Å². The van der Waals surface area contributed by atoms with Crippen LogP contribution in [0.5, 0.6) is 0 Å². The number of rotatable bonds is 8. The van der Waals surface area contributed by atoms with Gasteiger partial charge in [-0.05, 0) is 47.9 Å².